The van der Waals surface area contributed by atoms with E-state index in [-0.39, 0.29) is 0 Å². The number of aliphatic hydroxyl groups is 1. The Hall–Kier alpha value is -0.540. The molecule has 0 spiro atoms. The van der Waals surface area contributed by atoms with E-state index in [1.165, 1.54) is 199 Å². The van der Waals surface area contributed by atoms with Gasteiger partial charge in [-0.3, -0.25) is 0 Å². The summed E-state index contributed by atoms with van der Waals surface area (Å²) in [6.45, 7) is 10.4. The highest BCUT2D eigenvalue weighted by molar-refractivity contribution is 5.15. The Morgan fingerprint density at radius 2 is 1.00 bits per heavy atom. The van der Waals surface area contributed by atoms with Crippen molar-refractivity contribution in [2.75, 3.05) is 26.2 Å². The first-order valence-corrected chi connectivity index (χ1v) is 19.5. The van der Waals surface area contributed by atoms with Crippen molar-refractivity contribution in [3.8, 4) is 0 Å². The highest BCUT2D eigenvalue weighted by atomic mass is 16.5. The van der Waals surface area contributed by atoms with Gasteiger partial charge in [0.25, 0.3) is 0 Å². The third-order valence-corrected chi connectivity index (χ3v) is 9.54. The fourth-order valence-electron chi connectivity index (χ4n) is 6.46. The van der Waals surface area contributed by atoms with Crippen LogP contribution in [0.5, 0.6) is 0 Å². The molecular formula is C39H77NO2. The molecule has 0 saturated heterocycles. The van der Waals surface area contributed by atoms with Gasteiger partial charge in [-0.15, -0.1) is 0 Å². The number of ether oxygens (including phenoxy) is 1. The molecular weight excluding hydrogens is 514 g/mol. The molecule has 0 aliphatic heterocycles. The molecule has 1 rings (SSSR count). The van der Waals surface area contributed by atoms with Crippen molar-refractivity contribution in [2.45, 2.75) is 213 Å². The van der Waals surface area contributed by atoms with Crippen molar-refractivity contribution in [3.63, 3.8) is 0 Å². The largest absolute Gasteiger partial charge is 0.495 e. The summed E-state index contributed by atoms with van der Waals surface area (Å²) < 4.78 is 6.91. The van der Waals surface area contributed by atoms with Crippen LogP contribution in [0.4, 0.5) is 0 Å². The Labute approximate surface area is 265 Å². The second kappa shape index (κ2) is 30.5. The van der Waals surface area contributed by atoms with Crippen LogP contribution in [0, 0.1) is 0 Å². The summed E-state index contributed by atoms with van der Waals surface area (Å²) in [5.41, 5.74) is 1.65. The van der Waals surface area contributed by atoms with Gasteiger partial charge in [-0.1, -0.05) is 136 Å². The van der Waals surface area contributed by atoms with Crippen molar-refractivity contribution >= 4 is 0 Å². The normalized spacial score (nSPS) is 13.3. The van der Waals surface area contributed by atoms with Crippen LogP contribution in [-0.4, -0.2) is 42.4 Å². The van der Waals surface area contributed by atoms with Crippen LogP contribution in [0.25, 0.3) is 0 Å². The smallest absolute Gasteiger partial charge is 0.0982 e. The lowest BCUT2D eigenvalue weighted by Crippen LogP contribution is -2.29. The second-order valence-corrected chi connectivity index (χ2v) is 13.6. The predicted molar refractivity (Wildman–Crippen MR) is 186 cm³/mol. The van der Waals surface area contributed by atoms with Crippen molar-refractivity contribution < 1.29 is 9.84 Å². The summed E-state index contributed by atoms with van der Waals surface area (Å²) in [6, 6.07) is 0. The van der Waals surface area contributed by atoms with Crippen LogP contribution in [0.15, 0.2) is 11.3 Å². The van der Waals surface area contributed by atoms with Crippen LogP contribution in [0.1, 0.15) is 207 Å². The number of unbranched alkanes of at least 4 members (excludes halogenated alkanes) is 19. The third-order valence-electron chi connectivity index (χ3n) is 9.54. The molecule has 0 bridgehead atoms. The minimum Gasteiger partial charge on any atom is -0.495 e. The molecule has 0 amide bonds. The first-order chi connectivity index (χ1) is 20.7. The van der Waals surface area contributed by atoms with E-state index in [0.29, 0.717) is 12.7 Å². The molecule has 3 nitrogen and oxygen atoms in total. The van der Waals surface area contributed by atoms with E-state index in [2.05, 4.69) is 25.7 Å². The lowest BCUT2D eigenvalue weighted by Gasteiger charge is -2.27. The van der Waals surface area contributed by atoms with E-state index < -0.39 is 0 Å². The lowest BCUT2D eigenvalue weighted by molar-refractivity contribution is 0.0834. The standard InChI is InChI=1S/C39H77NO2/c1-4-7-10-13-17-22-30-38(31-23-18-14-11-8-5-2)42-39(37-28-27-29-37)32-24-19-16-21-26-34-40(35-36-41)33-25-20-15-12-9-6-3/h38,41H,4-36H2,1-3H3. The fourth-order valence-corrected chi connectivity index (χ4v) is 6.46. The van der Waals surface area contributed by atoms with Crippen molar-refractivity contribution in [1.29, 1.82) is 0 Å². The molecule has 1 saturated carbocycles. The number of rotatable bonds is 33. The third kappa shape index (κ3) is 22.9. The first kappa shape index (κ1) is 39.5. The number of aliphatic hydroxyl groups excluding tert-OH is 1. The van der Waals surface area contributed by atoms with Crippen LogP contribution in [-0.2, 0) is 4.74 Å². The Morgan fingerprint density at radius 1 is 0.571 bits per heavy atom. The first-order valence-electron chi connectivity index (χ1n) is 19.5. The molecule has 0 radical (unpaired) electrons. The number of hydrogen-bond donors (Lipinski definition) is 1. The summed E-state index contributed by atoms with van der Waals surface area (Å²) >= 11 is 0. The van der Waals surface area contributed by atoms with Crippen molar-refractivity contribution in [2.24, 2.45) is 0 Å². The van der Waals surface area contributed by atoms with Gasteiger partial charge in [0.05, 0.1) is 18.5 Å². The topological polar surface area (TPSA) is 32.7 Å². The van der Waals surface area contributed by atoms with E-state index in [0.717, 1.165) is 13.1 Å². The molecule has 1 aliphatic rings. The van der Waals surface area contributed by atoms with Gasteiger partial charge < -0.3 is 14.7 Å². The summed E-state index contributed by atoms with van der Waals surface area (Å²) in [5.74, 6) is 1.41. The highest BCUT2D eigenvalue weighted by Crippen LogP contribution is 2.33. The summed E-state index contributed by atoms with van der Waals surface area (Å²) in [6.07, 6.45) is 39.3. The maximum Gasteiger partial charge on any atom is 0.0982 e. The zero-order valence-corrected chi connectivity index (χ0v) is 29.2. The molecule has 3 heteroatoms. The Morgan fingerprint density at radius 3 is 1.43 bits per heavy atom. The van der Waals surface area contributed by atoms with Crippen LogP contribution in [0.2, 0.25) is 0 Å². The van der Waals surface area contributed by atoms with Gasteiger partial charge in [-0.2, -0.15) is 0 Å². The maximum atomic E-state index is 9.49. The van der Waals surface area contributed by atoms with Crippen LogP contribution >= 0.6 is 0 Å². The number of nitrogens with zero attached hydrogens (tertiary/aromatic N) is 1. The zero-order valence-electron chi connectivity index (χ0n) is 29.2. The average Bonchev–Trinajstić information content (AvgIpc) is 2.96. The molecule has 42 heavy (non-hydrogen) atoms. The molecule has 0 heterocycles. The van der Waals surface area contributed by atoms with Crippen LogP contribution in [0.3, 0.4) is 0 Å². The quantitative estimate of drug-likeness (QED) is 0.0608. The Kier molecular flexibility index (Phi) is 28.7. The fraction of sp³-hybridized carbons (Fsp3) is 0.949. The molecule has 0 aromatic carbocycles. The Bertz CT molecular complexity index is 567. The monoisotopic (exact) mass is 592 g/mol. The van der Waals surface area contributed by atoms with E-state index in [4.69, 9.17) is 4.74 Å². The Balaban J connectivity index is 2.36. The van der Waals surface area contributed by atoms with E-state index in [1.807, 2.05) is 0 Å². The second-order valence-electron chi connectivity index (χ2n) is 13.6. The molecule has 1 N–H and O–H groups in total. The predicted octanol–water partition coefficient (Wildman–Crippen LogP) is 12.3. The summed E-state index contributed by atoms with van der Waals surface area (Å²) in [5, 5.41) is 9.49. The maximum absolute atomic E-state index is 9.49. The summed E-state index contributed by atoms with van der Waals surface area (Å²) in [4.78, 5) is 2.50. The SMILES string of the molecule is CCCCCCCCC(CCCCCCCC)OC(CCCCCCCN(CCO)CCCCCCCC)=C1CCC1. The minimum absolute atomic E-state index is 0.298. The molecule has 250 valence electrons. The van der Waals surface area contributed by atoms with Crippen molar-refractivity contribution in [1.82, 2.24) is 4.90 Å². The minimum atomic E-state index is 0.298. The average molecular weight is 592 g/mol. The molecule has 1 fully saturated rings. The van der Waals surface area contributed by atoms with E-state index in [9.17, 15) is 5.11 Å². The van der Waals surface area contributed by atoms with Gasteiger partial charge in [0.2, 0.25) is 0 Å². The van der Waals surface area contributed by atoms with Gasteiger partial charge in [0.15, 0.2) is 0 Å². The highest BCUT2D eigenvalue weighted by Gasteiger charge is 2.19. The number of hydrogen-bond acceptors (Lipinski definition) is 3. The van der Waals surface area contributed by atoms with Gasteiger partial charge >= 0.3 is 0 Å². The van der Waals surface area contributed by atoms with Gasteiger partial charge in [0, 0.05) is 13.0 Å². The van der Waals surface area contributed by atoms with Gasteiger partial charge in [-0.05, 0) is 82.9 Å². The van der Waals surface area contributed by atoms with Gasteiger partial charge in [0.1, 0.15) is 0 Å². The lowest BCUT2D eigenvalue weighted by atomic mass is 9.89. The molecule has 0 aromatic heterocycles. The van der Waals surface area contributed by atoms with E-state index in [1.54, 1.807) is 5.57 Å². The molecule has 0 unspecified atom stereocenters. The summed E-state index contributed by atoms with van der Waals surface area (Å²) in [7, 11) is 0. The van der Waals surface area contributed by atoms with Crippen LogP contribution < -0.4 is 0 Å². The number of allylic oxidation sites excluding steroid dienone is 2. The molecule has 0 atom stereocenters. The zero-order chi connectivity index (χ0) is 30.4. The van der Waals surface area contributed by atoms with Crippen molar-refractivity contribution in [3.05, 3.63) is 11.3 Å². The van der Waals surface area contributed by atoms with Gasteiger partial charge in [-0.25, -0.2) is 0 Å². The van der Waals surface area contributed by atoms with E-state index >= 15 is 0 Å². The molecule has 1 aliphatic carbocycles. The molecule has 0 aromatic rings.